The van der Waals surface area contributed by atoms with Gasteiger partial charge in [-0.1, -0.05) is 17.7 Å². The van der Waals surface area contributed by atoms with Crippen LogP contribution in [0.25, 0.3) is 0 Å². The van der Waals surface area contributed by atoms with Crippen LogP contribution in [0.15, 0.2) is 42.5 Å². The number of anilines is 2. The first kappa shape index (κ1) is 16.8. The van der Waals surface area contributed by atoms with Gasteiger partial charge in [-0.3, -0.25) is 4.79 Å². The van der Waals surface area contributed by atoms with Gasteiger partial charge in [-0.15, -0.1) is 0 Å². The zero-order valence-electron chi connectivity index (χ0n) is 14.1. The lowest BCUT2D eigenvalue weighted by Crippen LogP contribution is -2.49. The molecule has 6 nitrogen and oxygen atoms in total. The van der Waals surface area contributed by atoms with E-state index in [-0.39, 0.29) is 17.0 Å². The Balaban J connectivity index is 1.72. The molecule has 0 radical (unpaired) electrons. The van der Waals surface area contributed by atoms with Crippen molar-refractivity contribution in [1.82, 2.24) is 4.90 Å². The number of carbonyl (C=O) groups excluding carboxylic acids is 1. The van der Waals surface area contributed by atoms with Crippen LogP contribution in [-0.2, 0) is 0 Å². The minimum Gasteiger partial charge on any atom is -0.478 e. The molecule has 6 heteroatoms. The van der Waals surface area contributed by atoms with Crippen LogP contribution in [0, 0.1) is 6.92 Å². The molecule has 0 unspecified atom stereocenters. The second-order valence-corrected chi connectivity index (χ2v) is 6.22. The molecule has 2 aromatic carbocycles. The molecule has 2 aromatic rings. The number of aryl methyl sites for hydroxylation is 1. The Kier molecular flexibility index (Phi) is 4.61. The molecule has 0 bridgehead atoms. The fourth-order valence-electron chi connectivity index (χ4n) is 3.02. The molecule has 1 aliphatic rings. The highest BCUT2D eigenvalue weighted by atomic mass is 16.4. The van der Waals surface area contributed by atoms with Gasteiger partial charge in [0.15, 0.2) is 0 Å². The number of nitrogen functional groups attached to an aromatic ring is 1. The standard InChI is InChI=1S/C19H21N3O3/c1-13-2-5-15(6-3-13)21-8-10-22(11-9-21)18(23)16-7-4-14(20)12-17(16)19(24)25/h2-7,12H,8-11,20H2,1H3,(H,24,25). The number of carboxylic acids is 1. The molecule has 0 spiro atoms. The van der Waals surface area contributed by atoms with Crippen LogP contribution in [0.2, 0.25) is 0 Å². The van der Waals surface area contributed by atoms with Gasteiger partial charge in [0.2, 0.25) is 0 Å². The summed E-state index contributed by atoms with van der Waals surface area (Å²) in [6, 6.07) is 12.7. The fraction of sp³-hybridized carbons (Fsp3) is 0.263. The third kappa shape index (κ3) is 3.57. The lowest BCUT2D eigenvalue weighted by Gasteiger charge is -2.36. The quantitative estimate of drug-likeness (QED) is 0.838. The van der Waals surface area contributed by atoms with Gasteiger partial charge in [-0.05, 0) is 37.3 Å². The molecule has 0 aliphatic carbocycles. The van der Waals surface area contributed by atoms with Crippen molar-refractivity contribution in [2.75, 3.05) is 36.8 Å². The van der Waals surface area contributed by atoms with Gasteiger partial charge < -0.3 is 20.6 Å². The SMILES string of the molecule is Cc1ccc(N2CCN(C(=O)c3ccc(N)cc3C(=O)O)CC2)cc1. The summed E-state index contributed by atoms with van der Waals surface area (Å²) in [6.07, 6.45) is 0. The highest BCUT2D eigenvalue weighted by Crippen LogP contribution is 2.20. The van der Waals surface area contributed by atoms with Gasteiger partial charge in [0.05, 0.1) is 11.1 Å². The van der Waals surface area contributed by atoms with Crippen LogP contribution >= 0.6 is 0 Å². The number of carbonyl (C=O) groups is 2. The third-order valence-corrected chi connectivity index (χ3v) is 4.47. The molecule has 0 atom stereocenters. The Morgan fingerprint density at radius 1 is 0.960 bits per heavy atom. The number of piperazine rings is 1. The minimum absolute atomic E-state index is 0.0500. The Bertz CT molecular complexity index is 794. The number of aromatic carboxylic acids is 1. The molecule has 25 heavy (non-hydrogen) atoms. The Hall–Kier alpha value is -3.02. The van der Waals surface area contributed by atoms with Gasteiger partial charge in [-0.25, -0.2) is 4.79 Å². The summed E-state index contributed by atoms with van der Waals surface area (Å²) >= 11 is 0. The van der Waals surface area contributed by atoms with Crippen LogP contribution in [0.4, 0.5) is 11.4 Å². The largest absolute Gasteiger partial charge is 0.478 e. The van der Waals surface area contributed by atoms with Crippen molar-refractivity contribution in [2.24, 2.45) is 0 Å². The first-order chi connectivity index (χ1) is 12.0. The summed E-state index contributed by atoms with van der Waals surface area (Å²) in [5.74, 6) is -1.41. The van der Waals surface area contributed by atoms with Crippen LogP contribution in [0.3, 0.4) is 0 Å². The summed E-state index contributed by atoms with van der Waals surface area (Å²) in [6.45, 7) is 4.58. The zero-order chi connectivity index (χ0) is 18.0. The predicted molar refractivity (Wildman–Crippen MR) is 97.1 cm³/mol. The van der Waals surface area contributed by atoms with E-state index in [9.17, 15) is 14.7 Å². The summed E-state index contributed by atoms with van der Waals surface area (Å²) in [5.41, 5.74) is 8.46. The lowest BCUT2D eigenvalue weighted by atomic mass is 10.0. The summed E-state index contributed by atoms with van der Waals surface area (Å²) in [4.78, 5) is 28.0. The van der Waals surface area contributed by atoms with Gasteiger partial charge in [-0.2, -0.15) is 0 Å². The molecular formula is C19H21N3O3. The van der Waals surface area contributed by atoms with E-state index in [1.165, 1.54) is 17.7 Å². The smallest absolute Gasteiger partial charge is 0.336 e. The molecule has 3 N–H and O–H groups in total. The van der Waals surface area contributed by atoms with Crippen molar-refractivity contribution < 1.29 is 14.7 Å². The van der Waals surface area contributed by atoms with Crippen molar-refractivity contribution in [3.63, 3.8) is 0 Å². The van der Waals surface area contributed by atoms with E-state index in [0.717, 1.165) is 5.69 Å². The van der Waals surface area contributed by atoms with Gasteiger partial charge in [0, 0.05) is 37.6 Å². The molecule has 1 saturated heterocycles. The molecule has 0 aromatic heterocycles. The zero-order valence-corrected chi connectivity index (χ0v) is 14.1. The highest BCUT2D eigenvalue weighted by Gasteiger charge is 2.25. The van der Waals surface area contributed by atoms with E-state index in [4.69, 9.17) is 5.73 Å². The van der Waals surface area contributed by atoms with E-state index < -0.39 is 5.97 Å². The normalized spacial score (nSPS) is 14.4. The van der Waals surface area contributed by atoms with Gasteiger partial charge >= 0.3 is 5.97 Å². The summed E-state index contributed by atoms with van der Waals surface area (Å²) in [5, 5.41) is 9.32. The maximum absolute atomic E-state index is 12.7. The van der Waals surface area contributed by atoms with Crippen molar-refractivity contribution in [3.8, 4) is 0 Å². The van der Waals surface area contributed by atoms with Crippen molar-refractivity contribution >= 4 is 23.3 Å². The number of hydrogen-bond acceptors (Lipinski definition) is 4. The average Bonchev–Trinajstić information content (AvgIpc) is 2.62. The van der Waals surface area contributed by atoms with Gasteiger partial charge in [0.1, 0.15) is 0 Å². The van der Waals surface area contributed by atoms with Crippen molar-refractivity contribution in [1.29, 1.82) is 0 Å². The first-order valence-electron chi connectivity index (χ1n) is 8.19. The third-order valence-electron chi connectivity index (χ3n) is 4.47. The van der Waals surface area contributed by atoms with Crippen LogP contribution in [-0.4, -0.2) is 48.1 Å². The first-order valence-corrected chi connectivity index (χ1v) is 8.19. The maximum Gasteiger partial charge on any atom is 0.336 e. The van der Waals surface area contributed by atoms with E-state index in [1.807, 2.05) is 6.92 Å². The minimum atomic E-state index is -1.14. The van der Waals surface area contributed by atoms with Crippen molar-refractivity contribution in [3.05, 3.63) is 59.2 Å². The number of rotatable bonds is 3. The number of nitrogens with two attached hydrogens (primary N) is 1. The molecule has 3 rings (SSSR count). The van der Waals surface area contributed by atoms with Gasteiger partial charge in [0.25, 0.3) is 5.91 Å². The average molecular weight is 339 g/mol. The molecule has 130 valence electrons. The number of hydrogen-bond donors (Lipinski definition) is 2. The fourth-order valence-corrected chi connectivity index (χ4v) is 3.02. The molecule has 1 heterocycles. The second-order valence-electron chi connectivity index (χ2n) is 6.22. The Morgan fingerprint density at radius 3 is 2.20 bits per heavy atom. The topological polar surface area (TPSA) is 86.9 Å². The molecular weight excluding hydrogens is 318 g/mol. The Labute approximate surface area is 146 Å². The maximum atomic E-state index is 12.7. The highest BCUT2D eigenvalue weighted by molar-refractivity contribution is 6.05. The summed E-state index contributed by atoms with van der Waals surface area (Å²) in [7, 11) is 0. The summed E-state index contributed by atoms with van der Waals surface area (Å²) < 4.78 is 0. The number of carboxylic acid groups (broad SMARTS) is 1. The van der Waals surface area contributed by atoms with E-state index in [1.54, 1.807) is 11.0 Å². The number of nitrogens with zero attached hydrogens (tertiary/aromatic N) is 2. The number of amides is 1. The van der Waals surface area contributed by atoms with E-state index in [2.05, 4.69) is 29.2 Å². The number of benzene rings is 2. The Morgan fingerprint density at radius 2 is 1.60 bits per heavy atom. The molecule has 1 fully saturated rings. The van der Waals surface area contributed by atoms with Crippen molar-refractivity contribution in [2.45, 2.75) is 6.92 Å². The van der Waals surface area contributed by atoms with E-state index in [0.29, 0.717) is 31.9 Å². The molecule has 0 saturated carbocycles. The second kappa shape index (κ2) is 6.84. The van der Waals surface area contributed by atoms with Crippen LogP contribution in [0.1, 0.15) is 26.3 Å². The predicted octanol–water partition coefficient (Wildman–Crippen LogP) is 2.24. The van der Waals surface area contributed by atoms with Crippen LogP contribution in [0.5, 0.6) is 0 Å². The monoisotopic (exact) mass is 339 g/mol. The van der Waals surface area contributed by atoms with E-state index >= 15 is 0 Å². The molecule has 1 aliphatic heterocycles. The lowest BCUT2D eigenvalue weighted by molar-refractivity contribution is 0.0673. The van der Waals surface area contributed by atoms with Crippen LogP contribution < -0.4 is 10.6 Å². The molecule has 1 amide bonds.